The Hall–Kier alpha value is -2.37. The molecule has 2 bridgehead atoms. The minimum atomic E-state index is -0.665. The highest BCUT2D eigenvalue weighted by molar-refractivity contribution is 6.39. The van der Waals surface area contributed by atoms with Gasteiger partial charge in [-0.25, -0.2) is 0 Å². The fourth-order valence-corrected chi connectivity index (χ4v) is 4.31. The van der Waals surface area contributed by atoms with E-state index in [0.717, 1.165) is 5.92 Å². The Balaban J connectivity index is 1.50. The number of rotatable bonds is 4. The lowest BCUT2D eigenvalue weighted by molar-refractivity contribution is -0.136. The zero-order valence-electron chi connectivity index (χ0n) is 14.7. The van der Waals surface area contributed by atoms with E-state index in [0.29, 0.717) is 23.2 Å². The summed E-state index contributed by atoms with van der Waals surface area (Å²) in [4.78, 5) is 35.2. The van der Waals surface area contributed by atoms with E-state index < -0.39 is 11.8 Å². The van der Waals surface area contributed by atoms with E-state index in [-0.39, 0.29) is 11.9 Å². The molecule has 3 N–H and O–H groups in total. The summed E-state index contributed by atoms with van der Waals surface area (Å²) in [6.45, 7) is 3.43. The molecule has 6 nitrogen and oxygen atoms in total. The van der Waals surface area contributed by atoms with Crippen molar-refractivity contribution < 1.29 is 14.4 Å². The minimum absolute atomic E-state index is 0.0238. The first-order chi connectivity index (χ1) is 11.9. The summed E-state index contributed by atoms with van der Waals surface area (Å²) < 4.78 is 0. The molecule has 0 radical (unpaired) electrons. The quantitative estimate of drug-likeness (QED) is 0.734. The summed E-state index contributed by atoms with van der Waals surface area (Å²) in [6, 6.07) is 6.67. The van der Waals surface area contributed by atoms with E-state index in [1.807, 2.05) is 6.92 Å². The molecule has 3 rings (SSSR count). The summed E-state index contributed by atoms with van der Waals surface area (Å²) in [5.74, 6) is 0.580. The minimum Gasteiger partial charge on any atom is -0.345 e. The van der Waals surface area contributed by atoms with E-state index in [1.54, 1.807) is 24.3 Å². The molecule has 134 valence electrons. The molecule has 2 saturated carbocycles. The predicted molar refractivity (Wildman–Crippen MR) is 95.9 cm³/mol. The van der Waals surface area contributed by atoms with Crippen molar-refractivity contribution in [3.05, 3.63) is 24.3 Å². The summed E-state index contributed by atoms with van der Waals surface area (Å²) in [5.41, 5.74) is 1.15. The first-order valence-corrected chi connectivity index (χ1v) is 8.92. The molecule has 2 aliphatic carbocycles. The molecule has 0 heterocycles. The maximum atomic E-state index is 12.2. The summed E-state index contributed by atoms with van der Waals surface area (Å²) in [6.07, 6.45) is 5.01. The Morgan fingerprint density at radius 1 is 0.960 bits per heavy atom. The van der Waals surface area contributed by atoms with Crippen molar-refractivity contribution in [3.8, 4) is 0 Å². The molecule has 3 amide bonds. The first kappa shape index (κ1) is 17.5. The van der Waals surface area contributed by atoms with Crippen molar-refractivity contribution in [2.75, 3.05) is 10.6 Å². The van der Waals surface area contributed by atoms with E-state index >= 15 is 0 Å². The van der Waals surface area contributed by atoms with Crippen molar-refractivity contribution in [1.82, 2.24) is 5.32 Å². The molecule has 0 spiro atoms. The third-order valence-corrected chi connectivity index (χ3v) is 5.46. The van der Waals surface area contributed by atoms with Crippen LogP contribution in [0.3, 0.4) is 0 Å². The van der Waals surface area contributed by atoms with Gasteiger partial charge in [0.1, 0.15) is 0 Å². The molecule has 0 aliphatic heterocycles. The standard InChI is InChI=1S/C19H25N3O3/c1-11(17-10-13-3-4-14(17)9-13)20-18(24)19(25)22-16-7-5-15(6-8-16)21-12(2)23/h5-8,11,13-14,17H,3-4,9-10H2,1-2H3,(H,20,24)(H,21,23)(H,22,25). The van der Waals surface area contributed by atoms with Gasteiger partial charge in [-0.15, -0.1) is 0 Å². The fraction of sp³-hybridized carbons (Fsp3) is 0.526. The number of anilines is 2. The number of nitrogens with one attached hydrogen (secondary N) is 3. The van der Waals surface area contributed by atoms with Gasteiger partial charge in [0.05, 0.1) is 0 Å². The van der Waals surface area contributed by atoms with Crippen molar-refractivity contribution in [3.63, 3.8) is 0 Å². The van der Waals surface area contributed by atoms with Gasteiger partial charge in [-0.3, -0.25) is 14.4 Å². The SMILES string of the molecule is CC(=O)Nc1ccc(NC(=O)C(=O)NC(C)C2CC3CCC2C3)cc1. The third-order valence-electron chi connectivity index (χ3n) is 5.46. The molecule has 1 aromatic rings. The van der Waals surface area contributed by atoms with Crippen LogP contribution in [0.2, 0.25) is 0 Å². The van der Waals surface area contributed by atoms with Gasteiger partial charge in [0.15, 0.2) is 0 Å². The number of hydrogen-bond acceptors (Lipinski definition) is 3. The van der Waals surface area contributed by atoms with Crippen molar-refractivity contribution in [2.24, 2.45) is 17.8 Å². The second kappa shape index (κ2) is 7.25. The Labute approximate surface area is 147 Å². The van der Waals surface area contributed by atoms with E-state index in [2.05, 4.69) is 16.0 Å². The highest BCUT2D eigenvalue weighted by Crippen LogP contribution is 2.49. The molecular formula is C19H25N3O3. The number of fused-ring (bicyclic) bond motifs is 2. The smallest absolute Gasteiger partial charge is 0.313 e. The Kier molecular flexibility index (Phi) is 5.06. The average molecular weight is 343 g/mol. The molecule has 0 aromatic heterocycles. The van der Waals surface area contributed by atoms with Crippen LogP contribution in [0.4, 0.5) is 11.4 Å². The second-order valence-corrected chi connectivity index (χ2v) is 7.31. The molecule has 0 saturated heterocycles. The van der Waals surface area contributed by atoms with Crippen LogP contribution in [0.25, 0.3) is 0 Å². The van der Waals surface area contributed by atoms with Gasteiger partial charge >= 0.3 is 11.8 Å². The van der Waals surface area contributed by atoms with Crippen LogP contribution < -0.4 is 16.0 Å². The Morgan fingerprint density at radius 2 is 1.60 bits per heavy atom. The van der Waals surface area contributed by atoms with Crippen LogP contribution in [0.5, 0.6) is 0 Å². The molecule has 25 heavy (non-hydrogen) atoms. The summed E-state index contributed by atoms with van der Waals surface area (Å²) in [7, 11) is 0. The van der Waals surface area contributed by atoms with Crippen LogP contribution in [-0.2, 0) is 14.4 Å². The van der Waals surface area contributed by atoms with Crippen LogP contribution in [0.1, 0.15) is 39.5 Å². The van der Waals surface area contributed by atoms with E-state index in [1.165, 1.54) is 32.6 Å². The number of benzene rings is 1. The monoisotopic (exact) mass is 343 g/mol. The summed E-state index contributed by atoms with van der Waals surface area (Å²) in [5, 5.41) is 8.09. The lowest BCUT2D eigenvalue weighted by Gasteiger charge is -2.28. The van der Waals surface area contributed by atoms with Gasteiger partial charge in [0.25, 0.3) is 0 Å². The number of carbonyl (C=O) groups excluding carboxylic acids is 3. The molecule has 6 heteroatoms. The number of amides is 3. The maximum absolute atomic E-state index is 12.2. The number of hydrogen-bond donors (Lipinski definition) is 3. The Bertz CT molecular complexity index is 671. The molecule has 4 atom stereocenters. The van der Waals surface area contributed by atoms with Crippen LogP contribution >= 0.6 is 0 Å². The topological polar surface area (TPSA) is 87.3 Å². The molecular weight excluding hydrogens is 318 g/mol. The van der Waals surface area contributed by atoms with Gasteiger partial charge in [0, 0.05) is 24.3 Å². The zero-order chi connectivity index (χ0) is 18.0. The number of carbonyl (C=O) groups is 3. The van der Waals surface area contributed by atoms with Gasteiger partial charge in [-0.1, -0.05) is 6.42 Å². The molecule has 2 aliphatic rings. The van der Waals surface area contributed by atoms with Crippen molar-refractivity contribution in [2.45, 2.75) is 45.6 Å². The van der Waals surface area contributed by atoms with Gasteiger partial charge in [0.2, 0.25) is 5.91 Å². The predicted octanol–water partition coefficient (Wildman–Crippen LogP) is 2.52. The van der Waals surface area contributed by atoms with Crippen molar-refractivity contribution >= 4 is 29.1 Å². The zero-order valence-corrected chi connectivity index (χ0v) is 14.7. The lowest BCUT2D eigenvalue weighted by atomic mass is 9.84. The highest BCUT2D eigenvalue weighted by atomic mass is 16.2. The maximum Gasteiger partial charge on any atom is 0.313 e. The fourth-order valence-electron chi connectivity index (χ4n) is 4.31. The largest absolute Gasteiger partial charge is 0.345 e. The second-order valence-electron chi connectivity index (χ2n) is 7.31. The normalized spacial score (nSPS) is 25.3. The van der Waals surface area contributed by atoms with Gasteiger partial charge in [-0.2, -0.15) is 0 Å². The lowest BCUT2D eigenvalue weighted by Crippen LogP contribution is -2.45. The molecule has 4 unspecified atom stereocenters. The highest BCUT2D eigenvalue weighted by Gasteiger charge is 2.42. The Morgan fingerprint density at radius 3 is 2.12 bits per heavy atom. The molecule has 1 aromatic carbocycles. The average Bonchev–Trinajstić information content (AvgIpc) is 3.19. The van der Waals surface area contributed by atoms with E-state index in [4.69, 9.17) is 0 Å². The first-order valence-electron chi connectivity index (χ1n) is 8.92. The van der Waals surface area contributed by atoms with Crippen molar-refractivity contribution in [1.29, 1.82) is 0 Å². The van der Waals surface area contributed by atoms with Crippen LogP contribution in [-0.4, -0.2) is 23.8 Å². The summed E-state index contributed by atoms with van der Waals surface area (Å²) >= 11 is 0. The third kappa shape index (κ3) is 4.18. The van der Waals surface area contributed by atoms with Gasteiger partial charge < -0.3 is 16.0 Å². The molecule has 2 fully saturated rings. The van der Waals surface area contributed by atoms with E-state index in [9.17, 15) is 14.4 Å². The van der Waals surface area contributed by atoms with Crippen LogP contribution in [0.15, 0.2) is 24.3 Å². The van der Waals surface area contributed by atoms with Crippen LogP contribution in [0, 0.1) is 17.8 Å². The van der Waals surface area contributed by atoms with Gasteiger partial charge in [-0.05, 0) is 68.2 Å².